The number of hydrogen-bond acceptors (Lipinski definition) is 4. The first-order valence-electron chi connectivity index (χ1n) is 8.17. The molecule has 2 heterocycles. The van der Waals surface area contributed by atoms with Gasteiger partial charge in [-0.1, -0.05) is 0 Å². The molecule has 1 aromatic rings. The van der Waals surface area contributed by atoms with Crippen molar-refractivity contribution in [2.24, 2.45) is 0 Å². The number of anilines is 1. The van der Waals surface area contributed by atoms with Crippen LogP contribution in [0.3, 0.4) is 0 Å². The van der Waals surface area contributed by atoms with E-state index < -0.39 is 0 Å². The number of carbonyl (C=O) groups excluding carboxylic acids is 3. The van der Waals surface area contributed by atoms with E-state index in [-0.39, 0.29) is 24.3 Å². The van der Waals surface area contributed by atoms with Crippen LogP contribution in [0.1, 0.15) is 29.6 Å². The van der Waals surface area contributed by atoms with Gasteiger partial charge in [-0.2, -0.15) is 0 Å². The number of fused-ring (bicyclic) bond motifs is 1. The number of carbonyl (C=O) groups is 3. The van der Waals surface area contributed by atoms with Crippen molar-refractivity contribution in [3.8, 4) is 0 Å². The molecule has 2 aliphatic heterocycles. The van der Waals surface area contributed by atoms with E-state index >= 15 is 0 Å². The molecule has 7 heteroatoms. The zero-order valence-corrected chi connectivity index (χ0v) is 14.5. The molecule has 1 fully saturated rings. The molecule has 2 aliphatic rings. The maximum atomic E-state index is 12.7. The Labute approximate surface area is 145 Å². The number of hydrogen-bond donors (Lipinski definition) is 1. The molecule has 0 aliphatic carbocycles. The highest BCUT2D eigenvalue weighted by Crippen LogP contribution is 2.36. The van der Waals surface area contributed by atoms with Crippen LogP contribution in [0.5, 0.6) is 0 Å². The molecule has 1 aromatic carbocycles. The van der Waals surface area contributed by atoms with Gasteiger partial charge < -0.3 is 15.1 Å². The van der Waals surface area contributed by atoms with Crippen LogP contribution in [-0.2, 0) is 9.59 Å². The quantitative estimate of drug-likeness (QED) is 0.900. The second-order valence-electron chi connectivity index (χ2n) is 5.98. The highest BCUT2D eigenvalue weighted by Gasteiger charge is 2.28. The van der Waals surface area contributed by atoms with Gasteiger partial charge in [0.15, 0.2) is 0 Å². The summed E-state index contributed by atoms with van der Waals surface area (Å²) in [7, 11) is 1.54. The maximum Gasteiger partial charge on any atom is 0.253 e. The van der Waals surface area contributed by atoms with Gasteiger partial charge in [-0.3, -0.25) is 14.4 Å². The zero-order chi connectivity index (χ0) is 17.1. The second-order valence-corrected chi connectivity index (χ2v) is 6.99. The minimum Gasteiger partial charge on any atom is -0.358 e. The van der Waals surface area contributed by atoms with Gasteiger partial charge in [-0.15, -0.1) is 11.8 Å². The van der Waals surface area contributed by atoms with Crippen molar-refractivity contribution >= 4 is 35.2 Å². The molecule has 0 bridgehead atoms. The summed E-state index contributed by atoms with van der Waals surface area (Å²) in [5.41, 5.74) is 1.23. The van der Waals surface area contributed by atoms with Crippen molar-refractivity contribution in [1.29, 1.82) is 0 Å². The van der Waals surface area contributed by atoms with E-state index in [9.17, 15) is 14.4 Å². The molecule has 0 unspecified atom stereocenters. The Hall–Kier alpha value is -2.02. The van der Waals surface area contributed by atoms with Crippen molar-refractivity contribution in [2.75, 3.05) is 37.3 Å². The Kier molecular flexibility index (Phi) is 5.08. The fraction of sp³-hybridized carbons (Fsp3) is 0.471. The number of nitrogens with one attached hydrogen (secondary N) is 1. The van der Waals surface area contributed by atoms with Gasteiger partial charge >= 0.3 is 0 Å². The van der Waals surface area contributed by atoms with Gasteiger partial charge in [-0.05, 0) is 37.5 Å². The second kappa shape index (κ2) is 7.25. The molecule has 6 nitrogen and oxygen atoms in total. The third-order valence-corrected chi connectivity index (χ3v) is 5.42. The van der Waals surface area contributed by atoms with Crippen LogP contribution in [0.25, 0.3) is 0 Å². The first-order valence-corrected chi connectivity index (χ1v) is 9.16. The molecule has 128 valence electrons. The van der Waals surface area contributed by atoms with E-state index in [1.807, 2.05) is 17.0 Å². The summed E-state index contributed by atoms with van der Waals surface area (Å²) in [6.45, 7) is 1.54. The molecule has 3 amide bonds. The number of likely N-dealkylation sites (tertiary alicyclic amines) is 1. The molecular weight excluding hydrogens is 326 g/mol. The lowest BCUT2D eigenvalue weighted by atomic mass is 10.1. The van der Waals surface area contributed by atoms with Crippen LogP contribution >= 0.6 is 11.8 Å². The summed E-state index contributed by atoms with van der Waals surface area (Å²) in [4.78, 5) is 40.9. The Morgan fingerprint density at radius 2 is 1.96 bits per heavy atom. The fourth-order valence-corrected chi connectivity index (χ4v) is 3.93. The van der Waals surface area contributed by atoms with Crippen molar-refractivity contribution < 1.29 is 14.4 Å². The first kappa shape index (κ1) is 16.8. The van der Waals surface area contributed by atoms with Gasteiger partial charge in [0, 0.05) is 30.6 Å². The Morgan fingerprint density at radius 3 is 2.67 bits per heavy atom. The van der Waals surface area contributed by atoms with E-state index in [0.29, 0.717) is 17.0 Å². The van der Waals surface area contributed by atoms with Gasteiger partial charge in [-0.25, -0.2) is 0 Å². The normalized spacial score (nSPS) is 17.5. The summed E-state index contributed by atoms with van der Waals surface area (Å²) in [5.74, 6) is -0.0308. The van der Waals surface area contributed by atoms with Crippen molar-refractivity contribution in [3.63, 3.8) is 0 Å². The lowest BCUT2D eigenvalue weighted by molar-refractivity contribution is -0.122. The highest BCUT2D eigenvalue weighted by molar-refractivity contribution is 8.00. The minimum absolute atomic E-state index is 0.000385. The Morgan fingerprint density at radius 1 is 1.21 bits per heavy atom. The van der Waals surface area contributed by atoms with E-state index in [2.05, 4.69) is 5.32 Å². The third kappa shape index (κ3) is 3.40. The molecule has 0 saturated carbocycles. The zero-order valence-electron chi connectivity index (χ0n) is 13.7. The lowest BCUT2D eigenvalue weighted by Crippen LogP contribution is -2.42. The Bertz CT molecular complexity index is 671. The molecule has 1 N–H and O–H groups in total. The molecule has 0 aromatic heterocycles. The van der Waals surface area contributed by atoms with Crippen molar-refractivity contribution in [3.05, 3.63) is 23.8 Å². The number of likely N-dealkylation sites (N-methyl/N-ethyl adjacent to an activating group) is 1. The van der Waals surface area contributed by atoms with E-state index in [4.69, 9.17) is 0 Å². The number of benzene rings is 1. The largest absolute Gasteiger partial charge is 0.358 e. The summed E-state index contributed by atoms with van der Waals surface area (Å²) in [6, 6.07) is 5.44. The molecule has 24 heavy (non-hydrogen) atoms. The minimum atomic E-state index is -0.228. The average Bonchev–Trinajstić information content (AvgIpc) is 2.63. The van der Waals surface area contributed by atoms with Crippen molar-refractivity contribution in [2.45, 2.75) is 24.2 Å². The highest BCUT2D eigenvalue weighted by atomic mass is 32.2. The van der Waals surface area contributed by atoms with E-state index in [1.54, 1.807) is 13.1 Å². The molecule has 0 spiro atoms. The summed E-state index contributed by atoms with van der Waals surface area (Å²) in [5, 5.41) is 2.54. The van der Waals surface area contributed by atoms with Crippen LogP contribution in [0.2, 0.25) is 0 Å². The summed E-state index contributed by atoms with van der Waals surface area (Å²) < 4.78 is 0. The lowest BCUT2D eigenvalue weighted by Gasteiger charge is -2.30. The molecule has 1 saturated heterocycles. The van der Waals surface area contributed by atoms with Gasteiger partial charge in [0.05, 0.1) is 11.4 Å². The molecular formula is C17H21N3O3S. The first-order chi connectivity index (χ1) is 11.6. The molecule has 0 radical (unpaired) electrons. The predicted octanol–water partition coefficient (Wildman–Crippen LogP) is 1.50. The smallest absolute Gasteiger partial charge is 0.253 e. The van der Waals surface area contributed by atoms with Crippen LogP contribution in [0.4, 0.5) is 5.69 Å². The van der Waals surface area contributed by atoms with E-state index in [1.165, 1.54) is 23.1 Å². The summed E-state index contributed by atoms with van der Waals surface area (Å²) >= 11 is 1.44. The monoisotopic (exact) mass is 347 g/mol. The standard InChI is InChI=1S/C17H21N3O3S/c1-18-15(21)10-20-13-9-12(5-6-14(13)24-11-16(20)22)17(23)19-7-3-2-4-8-19/h5-6,9H,2-4,7-8,10-11H2,1H3,(H,18,21). The van der Waals surface area contributed by atoms with E-state index in [0.717, 1.165) is 30.8 Å². The predicted molar refractivity (Wildman–Crippen MR) is 93.3 cm³/mol. The fourth-order valence-electron chi connectivity index (χ4n) is 3.01. The summed E-state index contributed by atoms with van der Waals surface area (Å²) in [6.07, 6.45) is 3.24. The molecule has 0 atom stereocenters. The van der Waals surface area contributed by atoms with Crippen LogP contribution in [0, 0.1) is 0 Å². The topological polar surface area (TPSA) is 69.7 Å². The van der Waals surface area contributed by atoms with Crippen LogP contribution in [0.15, 0.2) is 23.1 Å². The van der Waals surface area contributed by atoms with Crippen LogP contribution in [-0.4, -0.2) is 55.1 Å². The van der Waals surface area contributed by atoms with Gasteiger partial charge in [0.25, 0.3) is 5.91 Å². The number of nitrogens with zero attached hydrogens (tertiary/aromatic N) is 2. The van der Waals surface area contributed by atoms with Gasteiger partial charge in [0.1, 0.15) is 6.54 Å². The average molecular weight is 347 g/mol. The Balaban J connectivity index is 1.88. The maximum absolute atomic E-state index is 12.7. The van der Waals surface area contributed by atoms with Crippen molar-refractivity contribution in [1.82, 2.24) is 10.2 Å². The third-order valence-electron chi connectivity index (χ3n) is 4.37. The van der Waals surface area contributed by atoms with Gasteiger partial charge in [0.2, 0.25) is 11.8 Å². The number of piperidine rings is 1. The van der Waals surface area contributed by atoms with Crippen LogP contribution < -0.4 is 10.2 Å². The number of amides is 3. The molecule has 3 rings (SSSR count). The number of rotatable bonds is 3. The number of thioether (sulfide) groups is 1. The SMILES string of the molecule is CNC(=O)CN1C(=O)CSc2ccc(C(=O)N3CCCCC3)cc21.